The fourth-order valence-corrected chi connectivity index (χ4v) is 4.18. The van der Waals surface area contributed by atoms with Gasteiger partial charge in [-0.2, -0.15) is 13.2 Å². The highest BCUT2D eigenvalue weighted by atomic mass is 32.2. The van der Waals surface area contributed by atoms with E-state index < -0.39 is 17.8 Å². The summed E-state index contributed by atoms with van der Waals surface area (Å²) in [5.74, 6) is -0.220. The zero-order chi connectivity index (χ0) is 19.9. The minimum atomic E-state index is -4.41. The number of nitrogens with one attached hydrogen (secondary N) is 1. The van der Waals surface area contributed by atoms with Crippen molar-refractivity contribution in [1.29, 1.82) is 0 Å². The van der Waals surface area contributed by atoms with E-state index in [-0.39, 0.29) is 23.3 Å². The Bertz CT molecular complexity index is 1030. The number of thioether (sulfide) groups is 1. The maximum Gasteiger partial charge on any atom is 0.416 e. The van der Waals surface area contributed by atoms with E-state index in [9.17, 15) is 22.8 Å². The number of hydrogen-bond acceptors (Lipinski definition) is 3. The topological polar surface area (TPSA) is 53.2 Å². The van der Waals surface area contributed by atoms with Crippen molar-refractivity contribution in [3.8, 4) is 0 Å². The summed E-state index contributed by atoms with van der Waals surface area (Å²) in [6.45, 7) is 0. The molecule has 4 rings (SSSR count). The first-order valence-corrected chi connectivity index (χ1v) is 9.54. The molecule has 0 aliphatic carbocycles. The Labute approximate surface area is 162 Å². The van der Waals surface area contributed by atoms with Gasteiger partial charge in [-0.05, 0) is 30.2 Å². The van der Waals surface area contributed by atoms with Crippen LogP contribution in [0.3, 0.4) is 0 Å². The van der Waals surface area contributed by atoms with Crippen LogP contribution in [-0.4, -0.2) is 26.8 Å². The molecule has 0 bridgehead atoms. The second kappa shape index (κ2) is 7.01. The number of aromatic amines is 1. The molecule has 28 heavy (non-hydrogen) atoms. The minimum Gasteiger partial charge on any atom is -0.361 e. The minimum absolute atomic E-state index is 0.0741. The Balaban J connectivity index is 1.74. The summed E-state index contributed by atoms with van der Waals surface area (Å²) >= 11 is 0.939. The number of alkyl halides is 3. The van der Waals surface area contributed by atoms with Crippen LogP contribution in [0.1, 0.15) is 22.7 Å². The molecule has 1 aliphatic rings. The summed E-state index contributed by atoms with van der Waals surface area (Å²) in [5.41, 5.74) is 1.51. The number of benzene rings is 2. The second-order valence-electron chi connectivity index (χ2n) is 6.52. The number of hydrogen-bond donors (Lipinski definition) is 1. The highest BCUT2D eigenvalue weighted by molar-refractivity contribution is 8.14. The predicted octanol–water partition coefficient (Wildman–Crippen LogP) is 5.17. The average molecular weight is 404 g/mol. The van der Waals surface area contributed by atoms with Crippen LogP contribution in [0.25, 0.3) is 10.9 Å². The number of fused-ring (bicyclic) bond motifs is 1. The molecule has 3 aromatic rings. The van der Waals surface area contributed by atoms with Gasteiger partial charge in [0.1, 0.15) is 0 Å². The molecule has 1 aliphatic heterocycles. The second-order valence-corrected chi connectivity index (χ2v) is 7.45. The number of nitrogens with zero attached hydrogens (tertiary/aromatic N) is 1. The molecule has 1 N–H and O–H groups in total. The van der Waals surface area contributed by atoms with Gasteiger partial charge in [-0.25, -0.2) is 0 Å². The van der Waals surface area contributed by atoms with Gasteiger partial charge in [0.25, 0.3) is 5.24 Å². The molecular weight excluding hydrogens is 389 g/mol. The molecule has 0 radical (unpaired) electrons. The number of amides is 2. The van der Waals surface area contributed by atoms with Crippen LogP contribution in [-0.2, 0) is 17.4 Å². The van der Waals surface area contributed by atoms with Crippen LogP contribution < -0.4 is 0 Å². The quantitative estimate of drug-likeness (QED) is 0.653. The number of carbonyl (C=O) groups is 2. The standard InChI is InChI=1S/C20H15F3N2O2S/c21-20(22,23)13-7-5-12(6-8-13)9-17(25-18(26)11-28-19(25)27)15-10-24-16-4-2-1-3-14(15)16/h1-8,10,17,24H,9,11H2. The molecule has 1 atom stereocenters. The van der Waals surface area contributed by atoms with Crippen molar-refractivity contribution in [2.75, 3.05) is 5.75 Å². The van der Waals surface area contributed by atoms with E-state index in [1.165, 1.54) is 17.0 Å². The third-order valence-corrected chi connectivity index (χ3v) is 5.62. The molecular formula is C20H15F3N2O2S. The molecule has 144 valence electrons. The Morgan fingerprint density at radius 1 is 1.07 bits per heavy atom. The summed E-state index contributed by atoms with van der Waals surface area (Å²) in [6.07, 6.45) is -2.42. The highest BCUT2D eigenvalue weighted by Crippen LogP contribution is 2.36. The van der Waals surface area contributed by atoms with Crippen molar-refractivity contribution in [3.05, 3.63) is 71.4 Å². The number of carbonyl (C=O) groups excluding carboxylic acids is 2. The van der Waals surface area contributed by atoms with Gasteiger partial charge in [-0.15, -0.1) is 0 Å². The molecule has 4 nitrogen and oxygen atoms in total. The van der Waals surface area contributed by atoms with E-state index in [2.05, 4.69) is 4.98 Å². The fraction of sp³-hybridized carbons (Fsp3) is 0.200. The third kappa shape index (κ3) is 3.40. The van der Waals surface area contributed by atoms with Crippen molar-refractivity contribution >= 4 is 33.8 Å². The van der Waals surface area contributed by atoms with Gasteiger partial charge in [-0.1, -0.05) is 42.1 Å². The van der Waals surface area contributed by atoms with Gasteiger partial charge in [0, 0.05) is 22.7 Å². The van der Waals surface area contributed by atoms with Crippen molar-refractivity contribution in [1.82, 2.24) is 9.88 Å². The highest BCUT2D eigenvalue weighted by Gasteiger charge is 2.38. The lowest BCUT2D eigenvalue weighted by Gasteiger charge is -2.26. The molecule has 1 unspecified atom stereocenters. The van der Waals surface area contributed by atoms with Crippen LogP contribution in [0.4, 0.5) is 18.0 Å². The molecule has 2 heterocycles. The first-order chi connectivity index (χ1) is 13.3. The Morgan fingerprint density at radius 2 is 1.79 bits per heavy atom. The van der Waals surface area contributed by atoms with Crippen LogP contribution in [0, 0.1) is 0 Å². The first-order valence-electron chi connectivity index (χ1n) is 8.55. The summed E-state index contributed by atoms with van der Waals surface area (Å²) in [7, 11) is 0. The number of para-hydroxylation sites is 1. The summed E-state index contributed by atoms with van der Waals surface area (Å²) in [4.78, 5) is 29.1. The molecule has 0 spiro atoms. The van der Waals surface area contributed by atoms with E-state index in [1.807, 2.05) is 24.3 Å². The number of rotatable bonds is 4. The summed E-state index contributed by atoms with van der Waals surface area (Å²) < 4.78 is 38.5. The Kier molecular flexibility index (Phi) is 4.66. The largest absolute Gasteiger partial charge is 0.416 e. The molecule has 1 aromatic heterocycles. The van der Waals surface area contributed by atoms with Crippen molar-refractivity contribution in [2.45, 2.75) is 18.6 Å². The number of imide groups is 1. The molecule has 0 saturated carbocycles. The van der Waals surface area contributed by atoms with Gasteiger partial charge in [-0.3, -0.25) is 14.5 Å². The van der Waals surface area contributed by atoms with Gasteiger partial charge < -0.3 is 4.98 Å². The normalized spacial score (nSPS) is 16.2. The van der Waals surface area contributed by atoms with Crippen molar-refractivity contribution in [2.24, 2.45) is 0 Å². The zero-order valence-electron chi connectivity index (χ0n) is 14.5. The van der Waals surface area contributed by atoms with E-state index in [0.717, 1.165) is 40.4 Å². The number of H-pyrrole nitrogens is 1. The smallest absolute Gasteiger partial charge is 0.361 e. The lowest BCUT2D eigenvalue weighted by molar-refractivity contribution is -0.137. The lowest BCUT2D eigenvalue weighted by atomic mass is 9.96. The van der Waals surface area contributed by atoms with E-state index in [0.29, 0.717) is 5.56 Å². The van der Waals surface area contributed by atoms with Crippen molar-refractivity contribution in [3.63, 3.8) is 0 Å². The summed E-state index contributed by atoms with van der Waals surface area (Å²) in [5, 5.41) is 0.532. The predicted molar refractivity (Wildman–Crippen MR) is 101 cm³/mol. The average Bonchev–Trinajstić information content (AvgIpc) is 3.23. The number of halogens is 3. The van der Waals surface area contributed by atoms with Gasteiger partial charge >= 0.3 is 6.18 Å². The van der Waals surface area contributed by atoms with Crippen LogP contribution >= 0.6 is 11.8 Å². The first kappa shape index (κ1) is 18.6. The summed E-state index contributed by atoms with van der Waals surface area (Å²) in [6, 6.07) is 11.7. The molecule has 2 aromatic carbocycles. The van der Waals surface area contributed by atoms with E-state index in [4.69, 9.17) is 0 Å². The van der Waals surface area contributed by atoms with Crippen LogP contribution in [0.15, 0.2) is 54.7 Å². The Hall–Kier alpha value is -2.74. The van der Waals surface area contributed by atoms with Gasteiger partial charge in [0.2, 0.25) is 5.91 Å². The Morgan fingerprint density at radius 3 is 2.43 bits per heavy atom. The van der Waals surface area contributed by atoms with E-state index >= 15 is 0 Å². The van der Waals surface area contributed by atoms with Gasteiger partial charge in [0.15, 0.2) is 0 Å². The molecule has 1 saturated heterocycles. The van der Waals surface area contributed by atoms with Crippen LogP contribution in [0.2, 0.25) is 0 Å². The van der Waals surface area contributed by atoms with E-state index in [1.54, 1.807) is 6.20 Å². The maximum atomic E-state index is 12.8. The third-order valence-electron chi connectivity index (χ3n) is 4.79. The zero-order valence-corrected chi connectivity index (χ0v) is 15.3. The maximum absolute atomic E-state index is 12.8. The molecule has 8 heteroatoms. The number of aromatic nitrogens is 1. The van der Waals surface area contributed by atoms with Crippen LogP contribution in [0.5, 0.6) is 0 Å². The van der Waals surface area contributed by atoms with Crippen molar-refractivity contribution < 1.29 is 22.8 Å². The molecule has 1 fully saturated rings. The monoisotopic (exact) mass is 404 g/mol. The molecule has 2 amide bonds. The lowest BCUT2D eigenvalue weighted by Crippen LogP contribution is -2.34. The fourth-order valence-electron chi connectivity index (χ4n) is 3.43. The SMILES string of the molecule is O=C1CSC(=O)N1C(Cc1ccc(C(F)(F)F)cc1)c1c[nH]c2ccccc12. The van der Waals surface area contributed by atoms with Gasteiger partial charge in [0.05, 0.1) is 17.4 Å².